The van der Waals surface area contributed by atoms with Crippen molar-refractivity contribution in [2.24, 2.45) is 0 Å². The molecule has 0 aliphatic rings. The predicted molar refractivity (Wildman–Crippen MR) is 70.1 cm³/mol. The summed E-state index contributed by atoms with van der Waals surface area (Å²) in [7, 11) is 1.54. The summed E-state index contributed by atoms with van der Waals surface area (Å²) in [4.78, 5) is 0. The van der Waals surface area contributed by atoms with Crippen LogP contribution in [0.25, 0.3) is 0 Å². The minimum atomic E-state index is -0.494. The third-order valence-corrected chi connectivity index (χ3v) is 2.77. The largest absolute Gasteiger partial charge is 0.493 e. The van der Waals surface area contributed by atoms with Gasteiger partial charge in [0.2, 0.25) is 0 Å². The summed E-state index contributed by atoms with van der Waals surface area (Å²) in [6, 6.07) is 9.87. The zero-order chi connectivity index (χ0) is 13.8. The van der Waals surface area contributed by atoms with Gasteiger partial charge in [0.05, 0.1) is 19.3 Å². The highest BCUT2D eigenvalue weighted by Crippen LogP contribution is 2.34. The van der Waals surface area contributed by atoms with E-state index >= 15 is 0 Å². The topological polar surface area (TPSA) is 38.7 Å². The maximum Gasteiger partial charge on any atom is 0.169 e. The standard InChI is InChI=1S/C15H15FO3/c1-10-6-7-14(15(8-10)18-2)19-13-5-3-4-12(16)11(13)9-17/h3-8,17H,9H2,1-2H3. The molecule has 4 heteroatoms. The van der Waals surface area contributed by atoms with Gasteiger partial charge in [-0.3, -0.25) is 0 Å². The van der Waals surface area contributed by atoms with Gasteiger partial charge in [-0.1, -0.05) is 12.1 Å². The molecule has 0 heterocycles. The Bertz CT molecular complexity index is 582. The number of rotatable bonds is 4. The second-order valence-electron chi connectivity index (χ2n) is 4.13. The average Bonchev–Trinajstić information content (AvgIpc) is 2.41. The number of aliphatic hydroxyl groups is 1. The molecule has 0 aliphatic heterocycles. The Hall–Kier alpha value is -2.07. The summed E-state index contributed by atoms with van der Waals surface area (Å²) in [6.45, 7) is 1.52. The monoisotopic (exact) mass is 262 g/mol. The number of hydrogen-bond acceptors (Lipinski definition) is 3. The lowest BCUT2D eigenvalue weighted by atomic mass is 10.2. The van der Waals surface area contributed by atoms with Crippen molar-refractivity contribution in [3.8, 4) is 17.2 Å². The van der Waals surface area contributed by atoms with Crippen LogP contribution in [-0.4, -0.2) is 12.2 Å². The Labute approximate surface area is 111 Å². The van der Waals surface area contributed by atoms with Crippen LogP contribution in [0.3, 0.4) is 0 Å². The summed E-state index contributed by atoms with van der Waals surface area (Å²) < 4.78 is 24.4. The fraction of sp³-hybridized carbons (Fsp3) is 0.200. The Balaban J connectivity index is 2.39. The summed E-state index contributed by atoms with van der Waals surface area (Å²) in [5.41, 5.74) is 1.16. The van der Waals surface area contributed by atoms with E-state index in [1.165, 1.54) is 12.1 Å². The van der Waals surface area contributed by atoms with Crippen molar-refractivity contribution in [1.82, 2.24) is 0 Å². The van der Waals surface area contributed by atoms with E-state index in [1.807, 2.05) is 19.1 Å². The van der Waals surface area contributed by atoms with Gasteiger partial charge in [-0.25, -0.2) is 4.39 Å². The first kappa shape index (κ1) is 13.4. The van der Waals surface area contributed by atoms with Gasteiger partial charge in [0.15, 0.2) is 11.5 Å². The van der Waals surface area contributed by atoms with Crippen molar-refractivity contribution in [2.45, 2.75) is 13.5 Å². The van der Waals surface area contributed by atoms with Crippen molar-refractivity contribution in [1.29, 1.82) is 0 Å². The van der Waals surface area contributed by atoms with E-state index in [0.717, 1.165) is 5.56 Å². The van der Waals surface area contributed by atoms with Crippen LogP contribution in [0.5, 0.6) is 17.2 Å². The molecule has 0 saturated carbocycles. The van der Waals surface area contributed by atoms with Crippen molar-refractivity contribution < 1.29 is 19.0 Å². The van der Waals surface area contributed by atoms with Gasteiger partial charge >= 0.3 is 0 Å². The van der Waals surface area contributed by atoms with Gasteiger partial charge in [0.1, 0.15) is 11.6 Å². The lowest BCUT2D eigenvalue weighted by molar-refractivity contribution is 0.269. The molecule has 3 nitrogen and oxygen atoms in total. The number of aliphatic hydroxyl groups excluding tert-OH is 1. The first-order chi connectivity index (χ1) is 9.15. The first-order valence-corrected chi connectivity index (χ1v) is 5.86. The summed E-state index contributed by atoms with van der Waals surface area (Å²) in [5.74, 6) is 0.831. The third-order valence-electron chi connectivity index (χ3n) is 2.77. The molecule has 19 heavy (non-hydrogen) atoms. The van der Waals surface area contributed by atoms with Gasteiger partial charge in [0.25, 0.3) is 0 Å². The Morgan fingerprint density at radius 2 is 1.89 bits per heavy atom. The van der Waals surface area contributed by atoms with Gasteiger partial charge in [-0.15, -0.1) is 0 Å². The first-order valence-electron chi connectivity index (χ1n) is 5.86. The van der Waals surface area contributed by atoms with Crippen molar-refractivity contribution in [2.75, 3.05) is 7.11 Å². The highest BCUT2D eigenvalue weighted by atomic mass is 19.1. The normalized spacial score (nSPS) is 10.3. The SMILES string of the molecule is COc1cc(C)ccc1Oc1cccc(F)c1CO. The van der Waals surface area contributed by atoms with Gasteiger partial charge in [0, 0.05) is 0 Å². The number of ether oxygens (including phenoxy) is 2. The number of benzene rings is 2. The fourth-order valence-corrected chi connectivity index (χ4v) is 1.77. The molecule has 2 aromatic carbocycles. The maximum absolute atomic E-state index is 13.5. The Kier molecular flexibility index (Phi) is 4.02. The number of aryl methyl sites for hydroxylation is 1. The minimum Gasteiger partial charge on any atom is -0.493 e. The molecule has 2 rings (SSSR count). The van der Waals surface area contributed by atoms with E-state index in [0.29, 0.717) is 11.5 Å². The van der Waals surface area contributed by atoms with Gasteiger partial charge in [-0.05, 0) is 36.8 Å². The van der Waals surface area contributed by atoms with Gasteiger partial charge in [-0.2, -0.15) is 0 Å². The van der Waals surface area contributed by atoms with Crippen molar-refractivity contribution in [3.63, 3.8) is 0 Å². The molecule has 0 amide bonds. The molecule has 100 valence electrons. The number of hydrogen-bond donors (Lipinski definition) is 1. The number of methoxy groups -OCH3 is 1. The highest BCUT2D eigenvalue weighted by molar-refractivity contribution is 5.46. The second kappa shape index (κ2) is 5.71. The molecule has 0 atom stereocenters. The summed E-state index contributed by atoms with van der Waals surface area (Å²) in [5, 5.41) is 9.20. The average molecular weight is 262 g/mol. The van der Waals surface area contributed by atoms with E-state index in [9.17, 15) is 9.50 Å². The van der Waals surface area contributed by atoms with Crippen LogP contribution >= 0.6 is 0 Å². The van der Waals surface area contributed by atoms with E-state index < -0.39 is 12.4 Å². The molecule has 0 saturated heterocycles. The van der Waals surface area contributed by atoms with Crippen molar-refractivity contribution >= 4 is 0 Å². The predicted octanol–water partition coefficient (Wildman–Crippen LogP) is 3.43. The van der Waals surface area contributed by atoms with Gasteiger partial charge < -0.3 is 14.6 Å². The maximum atomic E-state index is 13.5. The van der Waals surface area contributed by atoms with Crippen LogP contribution in [0.2, 0.25) is 0 Å². The quantitative estimate of drug-likeness (QED) is 0.917. The lowest BCUT2D eigenvalue weighted by Gasteiger charge is -2.13. The molecule has 0 spiro atoms. The molecule has 2 aromatic rings. The Morgan fingerprint density at radius 3 is 2.58 bits per heavy atom. The number of halogens is 1. The van der Waals surface area contributed by atoms with Crippen LogP contribution < -0.4 is 9.47 Å². The van der Waals surface area contributed by atoms with E-state index in [4.69, 9.17) is 9.47 Å². The third kappa shape index (κ3) is 2.85. The Morgan fingerprint density at radius 1 is 1.11 bits per heavy atom. The van der Waals surface area contributed by atoms with Crippen LogP contribution in [0.4, 0.5) is 4.39 Å². The minimum absolute atomic E-state index is 0.130. The second-order valence-corrected chi connectivity index (χ2v) is 4.13. The molecule has 0 fully saturated rings. The molecule has 1 N–H and O–H groups in total. The van der Waals surface area contributed by atoms with Crippen LogP contribution in [0, 0.1) is 12.7 Å². The smallest absolute Gasteiger partial charge is 0.169 e. The lowest BCUT2D eigenvalue weighted by Crippen LogP contribution is -1.97. The fourth-order valence-electron chi connectivity index (χ4n) is 1.77. The van der Waals surface area contributed by atoms with E-state index in [-0.39, 0.29) is 11.3 Å². The van der Waals surface area contributed by atoms with Crippen molar-refractivity contribution in [3.05, 3.63) is 53.3 Å². The molecule has 0 bridgehead atoms. The molecule has 0 unspecified atom stereocenters. The zero-order valence-corrected chi connectivity index (χ0v) is 10.8. The summed E-state index contributed by atoms with van der Waals surface area (Å²) in [6.07, 6.45) is 0. The van der Waals surface area contributed by atoms with Crippen LogP contribution in [-0.2, 0) is 6.61 Å². The highest BCUT2D eigenvalue weighted by Gasteiger charge is 2.12. The van der Waals surface area contributed by atoms with E-state index in [1.54, 1.807) is 19.2 Å². The molecule has 0 radical (unpaired) electrons. The summed E-state index contributed by atoms with van der Waals surface area (Å²) >= 11 is 0. The molecule has 0 aliphatic carbocycles. The van der Waals surface area contributed by atoms with Crippen LogP contribution in [0.1, 0.15) is 11.1 Å². The van der Waals surface area contributed by atoms with Crippen LogP contribution in [0.15, 0.2) is 36.4 Å². The zero-order valence-electron chi connectivity index (χ0n) is 10.8. The van der Waals surface area contributed by atoms with E-state index in [2.05, 4.69) is 0 Å². The molecular formula is C15H15FO3. The molecule has 0 aromatic heterocycles. The molecular weight excluding hydrogens is 247 g/mol.